The van der Waals surface area contributed by atoms with Crippen LogP contribution in [0, 0.1) is 11.3 Å². The van der Waals surface area contributed by atoms with Crippen molar-refractivity contribution >= 4 is 11.3 Å². The first kappa shape index (κ1) is 9.59. The highest BCUT2D eigenvalue weighted by molar-refractivity contribution is 7.07. The molecule has 0 amide bonds. The molecule has 0 radical (unpaired) electrons. The highest BCUT2D eigenvalue weighted by atomic mass is 32.1. The molecule has 1 aliphatic rings. The molecular weight excluding hydrogens is 198 g/mol. The van der Waals surface area contributed by atoms with E-state index in [1.54, 1.807) is 5.51 Å². The molecule has 0 bridgehead atoms. The molecule has 0 spiro atoms. The third kappa shape index (κ3) is 1.93. The molecule has 4 nitrogen and oxygen atoms in total. The van der Waals surface area contributed by atoms with Gasteiger partial charge in [-0.25, -0.2) is 4.98 Å². The zero-order chi connectivity index (χ0) is 9.80. The Labute approximate surface area is 86.7 Å². The Morgan fingerprint density at radius 2 is 2.36 bits per heavy atom. The number of nitriles is 1. The first-order chi connectivity index (χ1) is 6.92. The van der Waals surface area contributed by atoms with E-state index < -0.39 is 0 Å². The van der Waals surface area contributed by atoms with Crippen molar-refractivity contribution in [1.29, 1.82) is 5.26 Å². The van der Waals surface area contributed by atoms with Gasteiger partial charge in [-0.15, -0.1) is 11.3 Å². The maximum atomic E-state index is 9.08. The van der Waals surface area contributed by atoms with E-state index in [4.69, 9.17) is 10.00 Å². The Hall–Kier alpha value is -0.960. The van der Waals surface area contributed by atoms with Crippen LogP contribution in [0.5, 0.6) is 0 Å². The lowest BCUT2D eigenvalue weighted by molar-refractivity contribution is 0.0260. The standard InChI is InChI=1S/C9H11N3OS/c10-5-9(8-6-14-7-11-8)12-1-3-13-4-2-12/h6-7,9H,1-4H2/t9-/m1/s1. The lowest BCUT2D eigenvalue weighted by atomic mass is 10.2. The van der Waals surface area contributed by atoms with Crippen LogP contribution < -0.4 is 0 Å². The molecule has 1 aromatic heterocycles. The van der Waals surface area contributed by atoms with E-state index in [1.807, 2.05) is 5.38 Å². The van der Waals surface area contributed by atoms with Gasteiger partial charge in [-0.2, -0.15) is 5.26 Å². The predicted molar refractivity (Wildman–Crippen MR) is 52.9 cm³/mol. The van der Waals surface area contributed by atoms with Gasteiger partial charge in [-0.05, 0) is 0 Å². The van der Waals surface area contributed by atoms with Crippen LogP contribution in [0.4, 0.5) is 0 Å². The molecule has 14 heavy (non-hydrogen) atoms. The second-order valence-corrected chi connectivity index (χ2v) is 3.81. The van der Waals surface area contributed by atoms with Gasteiger partial charge in [-0.1, -0.05) is 0 Å². The summed E-state index contributed by atoms with van der Waals surface area (Å²) in [6.45, 7) is 3.05. The summed E-state index contributed by atoms with van der Waals surface area (Å²) < 4.78 is 5.24. The minimum atomic E-state index is -0.204. The predicted octanol–water partition coefficient (Wildman–Crippen LogP) is 1.04. The molecule has 74 valence electrons. The largest absolute Gasteiger partial charge is 0.379 e. The lowest BCUT2D eigenvalue weighted by Crippen LogP contribution is -2.38. The van der Waals surface area contributed by atoms with E-state index in [2.05, 4.69) is 16.0 Å². The first-order valence-electron chi connectivity index (χ1n) is 4.51. The molecule has 0 N–H and O–H groups in total. The fraction of sp³-hybridized carbons (Fsp3) is 0.556. The molecule has 1 aliphatic heterocycles. The van der Waals surface area contributed by atoms with Crippen molar-refractivity contribution in [1.82, 2.24) is 9.88 Å². The van der Waals surface area contributed by atoms with E-state index in [1.165, 1.54) is 11.3 Å². The highest BCUT2D eigenvalue weighted by Gasteiger charge is 2.23. The maximum absolute atomic E-state index is 9.08. The number of nitrogens with zero attached hydrogens (tertiary/aromatic N) is 3. The third-order valence-electron chi connectivity index (χ3n) is 2.26. The molecule has 0 saturated carbocycles. The Balaban J connectivity index is 2.09. The topological polar surface area (TPSA) is 49.2 Å². The Kier molecular flexibility index (Phi) is 3.09. The van der Waals surface area contributed by atoms with Crippen LogP contribution in [0.3, 0.4) is 0 Å². The van der Waals surface area contributed by atoms with Gasteiger partial charge < -0.3 is 4.74 Å². The molecular formula is C9H11N3OS. The number of thiazole rings is 1. The summed E-state index contributed by atoms with van der Waals surface area (Å²) in [6.07, 6.45) is 0. The molecule has 2 rings (SSSR count). The summed E-state index contributed by atoms with van der Waals surface area (Å²) in [5.74, 6) is 0. The molecule has 1 saturated heterocycles. The second kappa shape index (κ2) is 4.51. The quantitative estimate of drug-likeness (QED) is 0.730. The molecule has 1 aromatic rings. The molecule has 5 heteroatoms. The summed E-state index contributed by atoms with van der Waals surface area (Å²) in [6, 6.07) is 2.09. The lowest BCUT2D eigenvalue weighted by Gasteiger charge is -2.29. The maximum Gasteiger partial charge on any atom is 0.141 e. The number of rotatable bonds is 2. The van der Waals surface area contributed by atoms with E-state index in [0.717, 1.165) is 18.8 Å². The van der Waals surface area contributed by atoms with Crippen molar-refractivity contribution < 1.29 is 4.74 Å². The van der Waals surface area contributed by atoms with Crippen molar-refractivity contribution in [3.63, 3.8) is 0 Å². The SMILES string of the molecule is N#C[C@H](c1cscn1)N1CCOCC1. The highest BCUT2D eigenvalue weighted by Crippen LogP contribution is 2.20. The summed E-state index contributed by atoms with van der Waals surface area (Å²) in [5, 5.41) is 11.0. The van der Waals surface area contributed by atoms with Gasteiger partial charge >= 0.3 is 0 Å². The summed E-state index contributed by atoms with van der Waals surface area (Å²) in [5.41, 5.74) is 2.62. The first-order valence-corrected chi connectivity index (χ1v) is 5.45. The average molecular weight is 209 g/mol. The molecule has 0 aromatic carbocycles. The summed E-state index contributed by atoms with van der Waals surface area (Å²) >= 11 is 1.53. The molecule has 1 atom stereocenters. The Morgan fingerprint density at radius 3 is 2.93 bits per heavy atom. The van der Waals surface area contributed by atoms with Crippen LogP contribution in [0.2, 0.25) is 0 Å². The van der Waals surface area contributed by atoms with Crippen molar-refractivity contribution in [3.05, 3.63) is 16.6 Å². The van der Waals surface area contributed by atoms with Crippen molar-refractivity contribution in [2.75, 3.05) is 26.3 Å². The zero-order valence-corrected chi connectivity index (χ0v) is 8.54. The van der Waals surface area contributed by atoms with E-state index in [-0.39, 0.29) is 6.04 Å². The van der Waals surface area contributed by atoms with Gasteiger partial charge in [0.15, 0.2) is 0 Å². The van der Waals surface area contributed by atoms with E-state index in [0.29, 0.717) is 13.2 Å². The normalized spacial score (nSPS) is 20.2. The van der Waals surface area contributed by atoms with Crippen molar-refractivity contribution in [2.24, 2.45) is 0 Å². The van der Waals surface area contributed by atoms with Crippen LogP contribution in [0.25, 0.3) is 0 Å². The average Bonchev–Trinajstić information content (AvgIpc) is 2.74. The fourth-order valence-corrected chi connectivity index (χ4v) is 2.10. The zero-order valence-electron chi connectivity index (χ0n) is 7.72. The van der Waals surface area contributed by atoms with Gasteiger partial charge in [0.25, 0.3) is 0 Å². The van der Waals surface area contributed by atoms with E-state index >= 15 is 0 Å². The van der Waals surface area contributed by atoms with Gasteiger partial charge in [0.05, 0.1) is 30.5 Å². The molecule has 1 fully saturated rings. The monoisotopic (exact) mass is 209 g/mol. The van der Waals surface area contributed by atoms with Gasteiger partial charge in [0, 0.05) is 18.5 Å². The van der Waals surface area contributed by atoms with Crippen molar-refractivity contribution in [3.8, 4) is 6.07 Å². The number of hydrogen-bond acceptors (Lipinski definition) is 5. The summed E-state index contributed by atoms with van der Waals surface area (Å²) in [7, 11) is 0. The Morgan fingerprint density at radius 1 is 1.57 bits per heavy atom. The molecule has 0 unspecified atom stereocenters. The van der Waals surface area contributed by atoms with Crippen LogP contribution in [-0.4, -0.2) is 36.2 Å². The van der Waals surface area contributed by atoms with Crippen LogP contribution >= 0.6 is 11.3 Å². The molecule has 2 heterocycles. The summed E-state index contributed by atoms with van der Waals surface area (Å²) in [4.78, 5) is 6.29. The number of ether oxygens (including phenoxy) is 1. The fourth-order valence-electron chi connectivity index (χ4n) is 1.53. The van der Waals surface area contributed by atoms with Gasteiger partial charge in [0.2, 0.25) is 0 Å². The second-order valence-electron chi connectivity index (χ2n) is 3.09. The van der Waals surface area contributed by atoms with Crippen LogP contribution in [0.1, 0.15) is 11.7 Å². The number of morpholine rings is 1. The van der Waals surface area contributed by atoms with E-state index in [9.17, 15) is 0 Å². The molecule has 0 aliphatic carbocycles. The number of hydrogen-bond donors (Lipinski definition) is 0. The van der Waals surface area contributed by atoms with Gasteiger partial charge in [-0.3, -0.25) is 4.90 Å². The van der Waals surface area contributed by atoms with Gasteiger partial charge in [0.1, 0.15) is 6.04 Å². The third-order valence-corrected chi connectivity index (χ3v) is 2.87. The smallest absolute Gasteiger partial charge is 0.141 e. The number of aromatic nitrogens is 1. The minimum Gasteiger partial charge on any atom is -0.379 e. The Bertz CT molecular complexity index is 313. The van der Waals surface area contributed by atoms with Crippen LogP contribution in [0.15, 0.2) is 10.9 Å². The van der Waals surface area contributed by atoms with Crippen molar-refractivity contribution in [2.45, 2.75) is 6.04 Å². The van der Waals surface area contributed by atoms with Crippen LogP contribution in [-0.2, 0) is 4.74 Å². The minimum absolute atomic E-state index is 0.204.